The van der Waals surface area contributed by atoms with Crippen LogP contribution in [0.2, 0.25) is 10.0 Å². The topological polar surface area (TPSA) is 0 Å². The summed E-state index contributed by atoms with van der Waals surface area (Å²) in [6.45, 7) is 0. The summed E-state index contributed by atoms with van der Waals surface area (Å²) in [5, 5.41) is 0.867. The maximum atomic E-state index is 12.8. The van der Waals surface area contributed by atoms with Crippen molar-refractivity contribution in [1.82, 2.24) is 0 Å². The van der Waals surface area contributed by atoms with Crippen LogP contribution in [-0.4, -0.2) is 0 Å². The zero-order valence-corrected chi connectivity index (χ0v) is 12.2. The van der Waals surface area contributed by atoms with Gasteiger partial charge >= 0.3 is 6.18 Å². The van der Waals surface area contributed by atoms with E-state index in [1.54, 1.807) is 18.2 Å². The smallest absolute Gasteiger partial charge is 0.166 e. The standard InChI is InChI=1S/C14H8Cl3F3/c15-7-9-5-8(1-3-12(9)14(18,19)20)11-6-10(16)2-4-13(11)17/h1-6H,7H2. The molecule has 0 spiro atoms. The Morgan fingerprint density at radius 2 is 1.65 bits per heavy atom. The van der Waals surface area contributed by atoms with E-state index in [9.17, 15) is 13.2 Å². The Morgan fingerprint density at radius 1 is 0.950 bits per heavy atom. The molecule has 2 aromatic carbocycles. The zero-order chi connectivity index (χ0) is 14.9. The fraction of sp³-hybridized carbons (Fsp3) is 0.143. The van der Waals surface area contributed by atoms with E-state index in [-0.39, 0.29) is 11.4 Å². The average Bonchev–Trinajstić information content (AvgIpc) is 2.39. The monoisotopic (exact) mass is 338 g/mol. The van der Waals surface area contributed by atoms with Crippen molar-refractivity contribution in [1.29, 1.82) is 0 Å². The third-order valence-electron chi connectivity index (χ3n) is 2.79. The molecule has 0 fully saturated rings. The minimum atomic E-state index is -4.43. The van der Waals surface area contributed by atoms with Crippen molar-refractivity contribution in [3.63, 3.8) is 0 Å². The van der Waals surface area contributed by atoms with E-state index in [1.807, 2.05) is 0 Å². The van der Waals surface area contributed by atoms with E-state index in [2.05, 4.69) is 0 Å². The highest BCUT2D eigenvalue weighted by atomic mass is 35.5. The van der Waals surface area contributed by atoms with Crippen LogP contribution in [0.1, 0.15) is 11.1 Å². The van der Waals surface area contributed by atoms with Gasteiger partial charge in [-0.15, -0.1) is 11.6 Å². The number of halogens is 6. The molecule has 0 atom stereocenters. The minimum Gasteiger partial charge on any atom is -0.166 e. The molecule has 0 saturated heterocycles. The lowest BCUT2D eigenvalue weighted by Gasteiger charge is -2.13. The number of hydrogen-bond donors (Lipinski definition) is 0. The Morgan fingerprint density at radius 3 is 2.25 bits per heavy atom. The Kier molecular flexibility index (Phi) is 4.52. The Balaban J connectivity index is 2.57. The maximum absolute atomic E-state index is 12.8. The summed E-state index contributed by atoms with van der Waals surface area (Å²) in [7, 11) is 0. The third-order valence-corrected chi connectivity index (χ3v) is 3.65. The summed E-state index contributed by atoms with van der Waals surface area (Å²) in [5.74, 6) is -0.235. The number of benzene rings is 2. The second-order valence-corrected chi connectivity index (χ2v) is 5.24. The molecule has 0 nitrogen and oxygen atoms in total. The normalized spacial score (nSPS) is 11.7. The van der Waals surface area contributed by atoms with Gasteiger partial charge < -0.3 is 0 Å². The van der Waals surface area contributed by atoms with Crippen molar-refractivity contribution in [3.05, 3.63) is 57.6 Å². The molecule has 2 aromatic rings. The number of rotatable bonds is 2. The fourth-order valence-corrected chi connectivity index (χ4v) is 2.49. The van der Waals surface area contributed by atoms with Gasteiger partial charge in [0.15, 0.2) is 0 Å². The zero-order valence-electron chi connectivity index (χ0n) is 9.94. The number of alkyl halides is 4. The molecule has 0 aliphatic rings. The first-order valence-corrected chi connectivity index (χ1v) is 6.83. The fourth-order valence-electron chi connectivity index (χ4n) is 1.87. The van der Waals surface area contributed by atoms with Crippen LogP contribution in [0.25, 0.3) is 11.1 Å². The van der Waals surface area contributed by atoms with Crippen molar-refractivity contribution >= 4 is 34.8 Å². The lowest BCUT2D eigenvalue weighted by Crippen LogP contribution is -2.08. The molecule has 0 radical (unpaired) electrons. The van der Waals surface area contributed by atoms with Crippen LogP contribution >= 0.6 is 34.8 Å². The van der Waals surface area contributed by atoms with Gasteiger partial charge in [-0.3, -0.25) is 0 Å². The summed E-state index contributed by atoms with van der Waals surface area (Å²) in [6, 6.07) is 8.55. The van der Waals surface area contributed by atoms with Gasteiger partial charge in [-0.2, -0.15) is 13.2 Å². The molecule has 2 rings (SSSR count). The predicted octanol–water partition coefficient (Wildman–Crippen LogP) is 6.42. The van der Waals surface area contributed by atoms with Crippen molar-refractivity contribution in [2.75, 3.05) is 0 Å². The molecule has 0 amide bonds. The molecule has 106 valence electrons. The summed E-state index contributed by atoms with van der Waals surface area (Å²) >= 11 is 17.5. The van der Waals surface area contributed by atoms with Crippen molar-refractivity contribution < 1.29 is 13.2 Å². The van der Waals surface area contributed by atoms with Crippen LogP contribution in [0.15, 0.2) is 36.4 Å². The molecule has 0 bridgehead atoms. The van der Waals surface area contributed by atoms with Gasteiger partial charge in [0.05, 0.1) is 5.56 Å². The summed E-state index contributed by atoms with van der Waals surface area (Å²) < 4.78 is 38.4. The van der Waals surface area contributed by atoms with Crippen LogP contribution in [0, 0.1) is 0 Å². The largest absolute Gasteiger partial charge is 0.416 e. The summed E-state index contributed by atoms with van der Waals surface area (Å²) in [6.07, 6.45) is -4.43. The molecular weight excluding hydrogens is 332 g/mol. The molecule has 0 heterocycles. The first kappa shape index (κ1) is 15.5. The predicted molar refractivity (Wildman–Crippen MR) is 76.5 cm³/mol. The van der Waals surface area contributed by atoms with Gasteiger partial charge in [-0.25, -0.2) is 0 Å². The van der Waals surface area contributed by atoms with Crippen LogP contribution in [0.5, 0.6) is 0 Å². The van der Waals surface area contributed by atoms with Gasteiger partial charge in [0.2, 0.25) is 0 Å². The maximum Gasteiger partial charge on any atom is 0.416 e. The first-order valence-electron chi connectivity index (χ1n) is 5.54. The highest BCUT2D eigenvalue weighted by Gasteiger charge is 2.33. The van der Waals surface area contributed by atoms with Gasteiger partial charge in [0.1, 0.15) is 0 Å². The van der Waals surface area contributed by atoms with E-state index in [0.717, 1.165) is 6.07 Å². The SMILES string of the molecule is FC(F)(F)c1ccc(-c2cc(Cl)ccc2Cl)cc1CCl. The van der Waals surface area contributed by atoms with E-state index < -0.39 is 11.7 Å². The van der Waals surface area contributed by atoms with Crippen molar-refractivity contribution in [2.24, 2.45) is 0 Å². The van der Waals surface area contributed by atoms with Crippen molar-refractivity contribution in [2.45, 2.75) is 12.1 Å². The molecular formula is C14H8Cl3F3. The molecule has 20 heavy (non-hydrogen) atoms. The first-order chi connectivity index (χ1) is 9.32. The number of hydrogen-bond acceptors (Lipinski definition) is 0. The van der Waals surface area contributed by atoms with Crippen LogP contribution in [0.3, 0.4) is 0 Å². The van der Waals surface area contributed by atoms with Gasteiger partial charge in [0.25, 0.3) is 0 Å². The minimum absolute atomic E-state index is 0.00714. The molecule has 0 unspecified atom stereocenters. The van der Waals surface area contributed by atoms with Gasteiger partial charge in [-0.05, 0) is 41.5 Å². The highest BCUT2D eigenvalue weighted by molar-refractivity contribution is 6.35. The molecule has 0 saturated carbocycles. The van der Waals surface area contributed by atoms with E-state index in [1.165, 1.54) is 12.1 Å². The second-order valence-electron chi connectivity index (χ2n) is 4.13. The van der Waals surface area contributed by atoms with E-state index in [0.29, 0.717) is 21.2 Å². The Labute approximate surface area is 129 Å². The summed E-state index contributed by atoms with van der Waals surface area (Å²) in [4.78, 5) is 0. The molecule has 0 aromatic heterocycles. The Hall–Kier alpha value is -0.900. The van der Waals surface area contributed by atoms with Crippen molar-refractivity contribution in [3.8, 4) is 11.1 Å². The van der Waals surface area contributed by atoms with Gasteiger partial charge in [-0.1, -0.05) is 29.3 Å². The molecule has 0 N–H and O–H groups in total. The quantitative estimate of drug-likeness (QED) is 0.554. The second kappa shape index (κ2) is 5.84. The van der Waals surface area contributed by atoms with Crippen LogP contribution < -0.4 is 0 Å². The van der Waals surface area contributed by atoms with E-state index >= 15 is 0 Å². The third kappa shape index (κ3) is 3.22. The average molecular weight is 340 g/mol. The summed E-state index contributed by atoms with van der Waals surface area (Å²) in [5.41, 5.74) is 0.377. The lowest BCUT2D eigenvalue weighted by molar-refractivity contribution is -0.138. The van der Waals surface area contributed by atoms with Crippen LogP contribution in [0.4, 0.5) is 13.2 Å². The van der Waals surface area contributed by atoms with Gasteiger partial charge in [0, 0.05) is 21.5 Å². The van der Waals surface area contributed by atoms with E-state index in [4.69, 9.17) is 34.8 Å². The van der Waals surface area contributed by atoms with Crippen LogP contribution in [-0.2, 0) is 12.1 Å². The Bertz CT molecular complexity index is 636. The lowest BCUT2D eigenvalue weighted by atomic mass is 9.99. The molecule has 0 aliphatic carbocycles. The molecule has 6 heteroatoms. The molecule has 0 aliphatic heterocycles. The highest BCUT2D eigenvalue weighted by Crippen LogP contribution is 2.37.